The molecule has 2 aromatic carbocycles. The molecule has 5 nitrogen and oxygen atoms in total. The van der Waals surface area contributed by atoms with Gasteiger partial charge in [-0.1, -0.05) is 24.3 Å². The molecule has 146 valence electrons. The van der Waals surface area contributed by atoms with Crippen molar-refractivity contribution in [3.8, 4) is 17.0 Å². The van der Waals surface area contributed by atoms with E-state index in [-0.39, 0.29) is 5.91 Å². The fraction of sp³-hybridized carbons (Fsp3) is 0.0909. The van der Waals surface area contributed by atoms with E-state index in [1.807, 2.05) is 71.4 Å². The van der Waals surface area contributed by atoms with E-state index in [9.17, 15) is 4.79 Å². The summed E-state index contributed by atoms with van der Waals surface area (Å²) in [5.74, 6) is 0.696. The number of ether oxygens (including phenoxy) is 1. The monoisotopic (exact) mass is 513 g/mol. The predicted octanol–water partition coefficient (Wildman–Crippen LogP) is 5.72. The molecule has 0 radical (unpaired) electrons. The maximum absolute atomic E-state index is 12.4. The van der Waals surface area contributed by atoms with Crippen LogP contribution in [0.25, 0.3) is 16.9 Å². The predicted molar refractivity (Wildman–Crippen MR) is 121 cm³/mol. The standard InChI is InChI=1S/C22H17Br2N3O2/c1-29-18-7-5-14(6-8-18)9-21(28)25-17-4-2-3-15(10-17)20-13-27-12-16(23)11-19(24)22(27)26-20/h2-8,10-13H,9H2,1H3,(H,25,28). The molecule has 2 aromatic heterocycles. The molecule has 7 heteroatoms. The fourth-order valence-corrected chi connectivity index (χ4v) is 4.35. The number of carbonyl (C=O) groups is 1. The highest BCUT2D eigenvalue weighted by Crippen LogP contribution is 2.27. The second-order valence-electron chi connectivity index (χ2n) is 6.52. The molecule has 1 N–H and O–H groups in total. The summed E-state index contributed by atoms with van der Waals surface area (Å²) in [5, 5.41) is 2.96. The number of hydrogen-bond acceptors (Lipinski definition) is 3. The van der Waals surface area contributed by atoms with E-state index in [0.717, 1.165) is 42.9 Å². The number of fused-ring (bicyclic) bond motifs is 1. The van der Waals surface area contributed by atoms with E-state index in [4.69, 9.17) is 9.72 Å². The Morgan fingerprint density at radius 1 is 1.10 bits per heavy atom. The number of methoxy groups -OCH3 is 1. The molecule has 0 spiro atoms. The van der Waals surface area contributed by atoms with Gasteiger partial charge in [0.15, 0.2) is 5.65 Å². The van der Waals surface area contributed by atoms with Crippen LogP contribution < -0.4 is 10.1 Å². The minimum Gasteiger partial charge on any atom is -0.497 e. The van der Waals surface area contributed by atoms with Gasteiger partial charge >= 0.3 is 0 Å². The number of imidazole rings is 1. The Morgan fingerprint density at radius 3 is 2.66 bits per heavy atom. The van der Waals surface area contributed by atoms with Crippen LogP contribution in [0, 0.1) is 0 Å². The molecule has 0 fully saturated rings. The molecule has 0 bridgehead atoms. The van der Waals surface area contributed by atoms with Crippen LogP contribution in [0.1, 0.15) is 5.56 Å². The number of nitrogens with one attached hydrogen (secondary N) is 1. The molecule has 0 saturated heterocycles. The summed E-state index contributed by atoms with van der Waals surface area (Å²) in [5.41, 5.74) is 4.25. The molecule has 0 unspecified atom stereocenters. The topological polar surface area (TPSA) is 55.6 Å². The number of amides is 1. The molecule has 4 aromatic rings. The number of hydrogen-bond donors (Lipinski definition) is 1. The van der Waals surface area contributed by atoms with E-state index in [1.54, 1.807) is 7.11 Å². The third-order valence-corrected chi connectivity index (χ3v) is 5.46. The summed E-state index contributed by atoms with van der Waals surface area (Å²) in [4.78, 5) is 17.1. The van der Waals surface area contributed by atoms with Gasteiger partial charge in [0.1, 0.15) is 5.75 Å². The quantitative estimate of drug-likeness (QED) is 0.370. The number of benzene rings is 2. The normalized spacial score (nSPS) is 10.9. The van der Waals surface area contributed by atoms with Gasteiger partial charge in [-0.05, 0) is 67.8 Å². The molecule has 0 aliphatic carbocycles. The Kier molecular flexibility index (Phi) is 5.69. The molecule has 0 aliphatic heterocycles. The van der Waals surface area contributed by atoms with E-state index in [1.165, 1.54) is 0 Å². The average molecular weight is 515 g/mol. The van der Waals surface area contributed by atoms with Crippen molar-refractivity contribution in [2.75, 3.05) is 12.4 Å². The van der Waals surface area contributed by atoms with Crippen molar-refractivity contribution >= 4 is 49.1 Å². The zero-order valence-electron chi connectivity index (χ0n) is 15.5. The first-order valence-electron chi connectivity index (χ1n) is 8.89. The lowest BCUT2D eigenvalue weighted by Crippen LogP contribution is -2.14. The summed E-state index contributed by atoms with van der Waals surface area (Å²) in [6, 6.07) is 17.1. The van der Waals surface area contributed by atoms with Crippen molar-refractivity contribution in [2.45, 2.75) is 6.42 Å². The Balaban J connectivity index is 1.52. The lowest BCUT2D eigenvalue weighted by atomic mass is 10.1. The van der Waals surface area contributed by atoms with Gasteiger partial charge in [0, 0.05) is 28.1 Å². The number of rotatable bonds is 5. The van der Waals surface area contributed by atoms with Crippen LogP contribution in [0.5, 0.6) is 5.75 Å². The zero-order valence-corrected chi connectivity index (χ0v) is 18.7. The van der Waals surface area contributed by atoms with Gasteiger partial charge < -0.3 is 14.5 Å². The molecule has 2 heterocycles. The minimum absolute atomic E-state index is 0.0750. The molecule has 29 heavy (non-hydrogen) atoms. The molecule has 1 amide bonds. The SMILES string of the molecule is COc1ccc(CC(=O)Nc2cccc(-c3cn4cc(Br)cc(Br)c4n3)c2)cc1. The number of halogens is 2. The van der Waals surface area contributed by atoms with Crippen LogP contribution in [-0.4, -0.2) is 22.4 Å². The first-order valence-corrected chi connectivity index (χ1v) is 10.5. The second-order valence-corrected chi connectivity index (χ2v) is 8.29. The largest absolute Gasteiger partial charge is 0.497 e. The van der Waals surface area contributed by atoms with E-state index < -0.39 is 0 Å². The van der Waals surface area contributed by atoms with E-state index in [0.29, 0.717) is 6.42 Å². The van der Waals surface area contributed by atoms with Crippen molar-refractivity contribution in [2.24, 2.45) is 0 Å². The van der Waals surface area contributed by atoms with Gasteiger partial charge in [-0.2, -0.15) is 0 Å². The number of anilines is 1. The van der Waals surface area contributed by atoms with Crippen LogP contribution in [0.2, 0.25) is 0 Å². The number of pyridine rings is 1. The molecule has 4 rings (SSSR count). The molecule has 0 saturated carbocycles. The van der Waals surface area contributed by atoms with Crippen LogP contribution in [0.3, 0.4) is 0 Å². The van der Waals surface area contributed by atoms with Crippen molar-refractivity contribution in [1.82, 2.24) is 9.38 Å². The summed E-state index contributed by atoms with van der Waals surface area (Å²) >= 11 is 7.03. The van der Waals surface area contributed by atoms with E-state index >= 15 is 0 Å². The maximum atomic E-state index is 12.4. The van der Waals surface area contributed by atoms with Gasteiger partial charge in [-0.15, -0.1) is 0 Å². The summed E-state index contributed by atoms with van der Waals surface area (Å²) in [6.45, 7) is 0. The van der Waals surface area contributed by atoms with Crippen molar-refractivity contribution in [1.29, 1.82) is 0 Å². The smallest absolute Gasteiger partial charge is 0.228 e. The number of carbonyl (C=O) groups excluding carboxylic acids is 1. The third-order valence-electron chi connectivity index (χ3n) is 4.44. The highest BCUT2D eigenvalue weighted by Gasteiger charge is 2.10. The van der Waals surface area contributed by atoms with Crippen molar-refractivity contribution in [3.63, 3.8) is 0 Å². The van der Waals surface area contributed by atoms with Gasteiger partial charge in [-0.3, -0.25) is 4.79 Å². The number of aromatic nitrogens is 2. The highest BCUT2D eigenvalue weighted by atomic mass is 79.9. The van der Waals surface area contributed by atoms with Crippen LogP contribution >= 0.6 is 31.9 Å². The molecule has 0 atom stereocenters. The van der Waals surface area contributed by atoms with Crippen LogP contribution in [0.4, 0.5) is 5.69 Å². The Morgan fingerprint density at radius 2 is 1.90 bits per heavy atom. The lowest BCUT2D eigenvalue weighted by molar-refractivity contribution is -0.115. The van der Waals surface area contributed by atoms with Crippen LogP contribution in [-0.2, 0) is 11.2 Å². The van der Waals surface area contributed by atoms with E-state index in [2.05, 4.69) is 37.2 Å². The molecule has 0 aliphatic rings. The highest BCUT2D eigenvalue weighted by molar-refractivity contribution is 9.11. The fourth-order valence-electron chi connectivity index (χ4n) is 3.05. The second kappa shape index (κ2) is 8.39. The minimum atomic E-state index is -0.0750. The average Bonchev–Trinajstić information content (AvgIpc) is 3.13. The molecular formula is C22H17Br2N3O2. The van der Waals surface area contributed by atoms with Crippen LogP contribution in [0.15, 0.2) is 75.9 Å². The van der Waals surface area contributed by atoms with Crippen molar-refractivity contribution in [3.05, 3.63) is 81.5 Å². The van der Waals surface area contributed by atoms with Crippen molar-refractivity contribution < 1.29 is 9.53 Å². The first-order chi connectivity index (χ1) is 14.0. The summed E-state index contributed by atoms with van der Waals surface area (Å²) < 4.78 is 8.97. The lowest BCUT2D eigenvalue weighted by Gasteiger charge is -2.07. The number of nitrogens with zero attached hydrogens (tertiary/aromatic N) is 2. The first kappa shape index (κ1) is 19.7. The summed E-state index contributed by atoms with van der Waals surface area (Å²) in [7, 11) is 1.62. The van der Waals surface area contributed by atoms with Gasteiger partial charge in [0.2, 0.25) is 5.91 Å². The summed E-state index contributed by atoms with van der Waals surface area (Å²) in [6.07, 6.45) is 4.21. The Bertz CT molecular complexity index is 1190. The Labute approximate surface area is 185 Å². The van der Waals surface area contributed by atoms with Gasteiger partial charge in [0.25, 0.3) is 0 Å². The maximum Gasteiger partial charge on any atom is 0.228 e. The Hall–Kier alpha value is -2.64. The zero-order chi connectivity index (χ0) is 20.4. The van der Waals surface area contributed by atoms with Gasteiger partial charge in [-0.25, -0.2) is 4.98 Å². The molecular weight excluding hydrogens is 498 g/mol. The van der Waals surface area contributed by atoms with Gasteiger partial charge in [0.05, 0.1) is 23.7 Å². The third kappa shape index (κ3) is 4.52.